The Morgan fingerprint density at radius 1 is 1.15 bits per heavy atom. The number of amides is 2. The van der Waals surface area contributed by atoms with Gasteiger partial charge in [-0.1, -0.05) is 26.8 Å². The van der Waals surface area contributed by atoms with E-state index >= 15 is 0 Å². The fourth-order valence-electron chi connectivity index (χ4n) is 9.64. The van der Waals surface area contributed by atoms with E-state index in [1.54, 1.807) is 27.9 Å². The highest BCUT2D eigenvalue weighted by Gasteiger charge is 2.39. The summed E-state index contributed by atoms with van der Waals surface area (Å²) in [5, 5.41) is 11.8. The van der Waals surface area contributed by atoms with Gasteiger partial charge < -0.3 is 34.1 Å². The fourth-order valence-corrected chi connectivity index (χ4v) is 10.6. The Hall–Kier alpha value is -4.41. The van der Waals surface area contributed by atoms with Crippen molar-refractivity contribution in [2.75, 3.05) is 33.5 Å². The summed E-state index contributed by atoms with van der Waals surface area (Å²) >= 11 is 1.45. The summed E-state index contributed by atoms with van der Waals surface area (Å²) in [4.78, 5) is 51.8. The van der Waals surface area contributed by atoms with Crippen LogP contribution in [0, 0.1) is 5.41 Å². The molecular formula is C47H63N7O7S. The summed E-state index contributed by atoms with van der Waals surface area (Å²) in [6, 6.07) is 7.74. The molecule has 334 valence electrons. The van der Waals surface area contributed by atoms with Gasteiger partial charge in [0, 0.05) is 77.2 Å². The lowest BCUT2D eigenvalue weighted by molar-refractivity contribution is -0.155. The molecule has 2 amide bonds. The zero-order chi connectivity index (χ0) is 44.1. The Morgan fingerprint density at radius 3 is 2.61 bits per heavy atom. The predicted molar refractivity (Wildman–Crippen MR) is 239 cm³/mol. The summed E-state index contributed by atoms with van der Waals surface area (Å²) in [5.41, 5.74) is 10.1. The Labute approximate surface area is 368 Å². The van der Waals surface area contributed by atoms with Crippen molar-refractivity contribution in [2.45, 2.75) is 142 Å². The number of thiazole rings is 1. The number of aryl methyl sites for hydroxylation is 1. The number of fused-ring (bicyclic) bond motifs is 8. The Morgan fingerprint density at radius 2 is 1.90 bits per heavy atom. The average Bonchev–Trinajstić information content (AvgIpc) is 3.85. The van der Waals surface area contributed by atoms with Gasteiger partial charge in [0.25, 0.3) is 5.91 Å². The van der Waals surface area contributed by atoms with Crippen molar-refractivity contribution in [3.63, 3.8) is 0 Å². The standard InChI is InChI=1S/C47H63N7O7S/c1-10-53-38-14-13-28-18-33(38)35(41(53)34-19-30(21-48-40(34)27(3)58-9)29-16-31-22-59-23-32(17-29)49-31)20-47(7,8)25-60-44(56)36-12-11-15-54(52-36)43(55)39(51-45(57)61-46(4,5)6)26(2)42-50-37(28)24-62-42/h13-14,18-19,21,24,26-27,29,31-32,36,39,49,52H,10-12,15-17,20,22-23,25H2,1-9H3,(H,51,57)/t26-,27-,29-,31-,32+,36-,39-/m0/s1. The minimum Gasteiger partial charge on any atom is -0.464 e. The van der Waals surface area contributed by atoms with E-state index in [1.807, 2.05) is 12.3 Å². The molecule has 0 spiro atoms. The van der Waals surface area contributed by atoms with Crippen LogP contribution in [-0.2, 0) is 41.5 Å². The number of hydrogen-bond donors (Lipinski definition) is 3. The van der Waals surface area contributed by atoms with Gasteiger partial charge in [-0.2, -0.15) is 0 Å². The molecule has 1 aromatic carbocycles. The number of hydrogen-bond acceptors (Lipinski definition) is 12. The molecule has 4 aromatic rings. The predicted octanol–water partition coefficient (Wildman–Crippen LogP) is 7.41. The number of hydrazine groups is 1. The van der Waals surface area contributed by atoms with Gasteiger partial charge >= 0.3 is 12.1 Å². The molecule has 4 aliphatic heterocycles. The zero-order valence-electron chi connectivity index (χ0n) is 37.6. The smallest absolute Gasteiger partial charge is 0.408 e. The van der Waals surface area contributed by atoms with Crippen LogP contribution in [0.4, 0.5) is 4.79 Å². The first-order valence-electron chi connectivity index (χ1n) is 22.2. The second-order valence-electron chi connectivity index (χ2n) is 19.4. The van der Waals surface area contributed by atoms with E-state index in [9.17, 15) is 14.4 Å². The van der Waals surface area contributed by atoms with E-state index in [1.165, 1.54) is 21.9 Å². The van der Waals surface area contributed by atoms with Gasteiger partial charge in [0.2, 0.25) is 0 Å². The largest absolute Gasteiger partial charge is 0.464 e. The molecule has 8 bridgehead atoms. The molecule has 3 N–H and O–H groups in total. The van der Waals surface area contributed by atoms with Crippen LogP contribution >= 0.6 is 11.3 Å². The topological polar surface area (TPSA) is 158 Å². The third-order valence-corrected chi connectivity index (χ3v) is 13.8. The van der Waals surface area contributed by atoms with Gasteiger partial charge in [-0.15, -0.1) is 11.3 Å². The minimum atomic E-state index is -1.02. The van der Waals surface area contributed by atoms with E-state index in [2.05, 4.69) is 78.8 Å². The lowest BCUT2D eigenvalue weighted by atomic mass is 9.81. The first-order chi connectivity index (χ1) is 29.5. The van der Waals surface area contributed by atoms with Crippen molar-refractivity contribution in [2.24, 2.45) is 5.41 Å². The van der Waals surface area contributed by atoms with Crippen LogP contribution in [0.1, 0.15) is 121 Å². The van der Waals surface area contributed by atoms with Crippen LogP contribution in [-0.4, -0.2) is 101 Å². The van der Waals surface area contributed by atoms with Gasteiger partial charge in [-0.3, -0.25) is 19.6 Å². The number of methoxy groups -OCH3 is 1. The number of nitrogens with zero attached hydrogens (tertiary/aromatic N) is 4. The summed E-state index contributed by atoms with van der Waals surface area (Å²) in [6.45, 7) is 18.4. The molecule has 0 aliphatic carbocycles. The number of rotatable bonds is 6. The van der Waals surface area contributed by atoms with Crippen LogP contribution < -0.4 is 16.1 Å². The van der Waals surface area contributed by atoms with E-state index in [4.69, 9.17) is 28.9 Å². The van der Waals surface area contributed by atoms with E-state index in [-0.39, 0.29) is 18.6 Å². The summed E-state index contributed by atoms with van der Waals surface area (Å²) in [7, 11) is 1.73. The maximum absolute atomic E-state index is 14.3. The number of nitrogens with one attached hydrogen (secondary N) is 3. The van der Waals surface area contributed by atoms with E-state index < -0.39 is 41.1 Å². The van der Waals surface area contributed by atoms with E-state index in [0.717, 1.165) is 70.7 Å². The minimum absolute atomic E-state index is 0.157. The van der Waals surface area contributed by atoms with Crippen LogP contribution in [0.3, 0.4) is 0 Å². The van der Waals surface area contributed by atoms with Crippen LogP contribution in [0.5, 0.6) is 0 Å². The first kappa shape index (κ1) is 44.2. The van der Waals surface area contributed by atoms with Crippen LogP contribution in [0.2, 0.25) is 0 Å². The maximum Gasteiger partial charge on any atom is 0.408 e. The number of carbonyl (C=O) groups is 3. The highest BCUT2D eigenvalue weighted by molar-refractivity contribution is 7.10. The molecule has 14 nitrogen and oxygen atoms in total. The Balaban J connectivity index is 1.27. The molecular weight excluding hydrogens is 807 g/mol. The molecule has 3 aromatic heterocycles. The molecule has 0 saturated carbocycles. The molecule has 3 saturated heterocycles. The van der Waals surface area contributed by atoms with Gasteiger partial charge in [0.05, 0.1) is 48.0 Å². The molecule has 7 heterocycles. The average molecular weight is 870 g/mol. The first-order valence-corrected chi connectivity index (χ1v) is 23.1. The summed E-state index contributed by atoms with van der Waals surface area (Å²) in [5.74, 6) is -0.987. The van der Waals surface area contributed by atoms with Crippen molar-refractivity contribution in [3.05, 3.63) is 57.7 Å². The second-order valence-corrected chi connectivity index (χ2v) is 20.3. The third kappa shape index (κ3) is 9.15. The van der Waals surface area contributed by atoms with Gasteiger partial charge in [0.1, 0.15) is 17.7 Å². The number of ether oxygens (including phenoxy) is 4. The van der Waals surface area contributed by atoms with Gasteiger partial charge in [0.15, 0.2) is 0 Å². The molecule has 62 heavy (non-hydrogen) atoms. The number of piperidine rings is 1. The quantitative estimate of drug-likeness (QED) is 0.166. The number of benzene rings is 1. The molecule has 0 radical (unpaired) electrons. The van der Waals surface area contributed by atoms with E-state index in [0.29, 0.717) is 55.4 Å². The van der Waals surface area contributed by atoms with Crippen molar-refractivity contribution in [1.29, 1.82) is 0 Å². The van der Waals surface area contributed by atoms with Crippen molar-refractivity contribution < 1.29 is 33.3 Å². The SMILES string of the molecule is CCn1c(-c2cc([C@H]3C[C@H]4COC[C@@H](C3)N4)cnc2[C@H](C)OC)c2c3cc(ccc31)-c1csc(n1)[C@@H](C)[C@H](NC(=O)OC(C)(C)C)C(=O)N1CCC[C@H](N1)C(=O)OCC(C)(C)C2. The molecule has 15 heteroatoms. The van der Waals surface area contributed by atoms with Crippen LogP contribution in [0.25, 0.3) is 33.4 Å². The number of cyclic esters (lactones) is 1. The maximum atomic E-state index is 14.3. The lowest BCUT2D eigenvalue weighted by Crippen LogP contribution is -2.61. The molecule has 4 aliphatic rings. The number of esters is 1. The van der Waals surface area contributed by atoms with Crippen LogP contribution in [0.15, 0.2) is 35.8 Å². The van der Waals surface area contributed by atoms with Crippen molar-refractivity contribution in [1.82, 2.24) is 35.6 Å². The number of morpholine rings is 1. The molecule has 3 fully saturated rings. The number of carbonyl (C=O) groups excluding carboxylic acids is 3. The Bertz CT molecular complexity index is 2300. The Kier molecular flexibility index (Phi) is 12.6. The highest BCUT2D eigenvalue weighted by atomic mass is 32.1. The normalized spacial score (nSPS) is 26.1. The highest BCUT2D eigenvalue weighted by Crippen LogP contribution is 2.44. The molecule has 0 unspecified atom stereocenters. The van der Waals surface area contributed by atoms with Crippen molar-refractivity contribution in [3.8, 4) is 22.5 Å². The van der Waals surface area contributed by atoms with Crippen molar-refractivity contribution >= 4 is 40.2 Å². The third-order valence-electron chi connectivity index (χ3n) is 12.8. The summed E-state index contributed by atoms with van der Waals surface area (Å²) in [6.07, 6.45) is 4.73. The fraction of sp³-hybridized carbons (Fsp3) is 0.596. The van der Waals surface area contributed by atoms with Gasteiger partial charge in [-0.25, -0.2) is 15.2 Å². The number of aromatic nitrogens is 3. The number of alkyl carbamates (subject to hydrolysis) is 1. The second kappa shape index (κ2) is 17.6. The zero-order valence-corrected chi connectivity index (χ0v) is 38.4. The monoisotopic (exact) mass is 869 g/mol. The van der Waals surface area contributed by atoms with Gasteiger partial charge in [-0.05, 0) is 102 Å². The number of pyridine rings is 1. The lowest BCUT2D eigenvalue weighted by Gasteiger charge is -2.40. The molecule has 8 rings (SSSR count). The summed E-state index contributed by atoms with van der Waals surface area (Å²) < 4.78 is 26.1. The molecule has 7 atom stereocenters.